The monoisotopic (exact) mass is 289 g/mol. The maximum atomic E-state index is 11.0. The van der Waals surface area contributed by atoms with Crippen LogP contribution in [0, 0.1) is 27.2 Å². The molecule has 0 aromatic heterocycles. The molecule has 0 saturated carbocycles. The van der Waals surface area contributed by atoms with E-state index in [1.165, 1.54) is 43.3 Å². The molecule has 2 aromatic carbocycles. The van der Waals surface area contributed by atoms with Crippen LogP contribution in [-0.2, 0) is 0 Å². The highest BCUT2D eigenvalue weighted by Crippen LogP contribution is 2.38. The highest BCUT2D eigenvalue weighted by atomic mass is 16.6. The van der Waals surface area contributed by atoms with Gasteiger partial charge in [0.2, 0.25) is 5.75 Å². The van der Waals surface area contributed by atoms with E-state index in [9.17, 15) is 20.2 Å². The van der Waals surface area contributed by atoms with Crippen LogP contribution in [0.1, 0.15) is 5.56 Å². The second-order valence-corrected chi connectivity index (χ2v) is 4.21. The highest BCUT2D eigenvalue weighted by molar-refractivity contribution is 5.66. The van der Waals surface area contributed by atoms with Gasteiger partial charge in [-0.15, -0.1) is 0 Å². The summed E-state index contributed by atoms with van der Waals surface area (Å²) in [5, 5.41) is 21.9. The summed E-state index contributed by atoms with van der Waals surface area (Å²) in [6.45, 7) is 1.51. The van der Waals surface area contributed by atoms with Crippen LogP contribution >= 0.6 is 0 Å². The van der Waals surface area contributed by atoms with Gasteiger partial charge in [-0.05, 0) is 25.1 Å². The van der Waals surface area contributed by atoms with Crippen LogP contribution in [0.5, 0.6) is 11.5 Å². The third-order valence-electron chi connectivity index (χ3n) is 2.88. The van der Waals surface area contributed by atoms with E-state index < -0.39 is 9.85 Å². The molecule has 21 heavy (non-hydrogen) atoms. The Kier molecular flexibility index (Phi) is 3.70. The maximum Gasteiger partial charge on any atom is 0.334 e. The number of nitrogens with two attached hydrogens (primary N) is 1. The zero-order valence-corrected chi connectivity index (χ0v) is 11.0. The van der Waals surface area contributed by atoms with E-state index in [-0.39, 0.29) is 34.1 Å². The van der Waals surface area contributed by atoms with E-state index in [4.69, 9.17) is 10.5 Å². The molecule has 0 spiro atoms. The van der Waals surface area contributed by atoms with Gasteiger partial charge in [-0.1, -0.05) is 12.1 Å². The first-order chi connectivity index (χ1) is 9.91. The van der Waals surface area contributed by atoms with Crippen LogP contribution in [0.25, 0.3) is 0 Å². The van der Waals surface area contributed by atoms with Crippen LogP contribution in [0.4, 0.5) is 17.1 Å². The van der Waals surface area contributed by atoms with Gasteiger partial charge in [0.15, 0.2) is 0 Å². The van der Waals surface area contributed by atoms with Gasteiger partial charge in [0.25, 0.3) is 5.69 Å². The van der Waals surface area contributed by atoms with Crippen LogP contribution in [0.3, 0.4) is 0 Å². The van der Waals surface area contributed by atoms with Crippen LogP contribution in [0.15, 0.2) is 36.4 Å². The Morgan fingerprint density at radius 1 is 1.00 bits per heavy atom. The molecular formula is C13H11N3O5. The van der Waals surface area contributed by atoms with E-state index in [1.54, 1.807) is 0 Å². The van der Waals surface area contributed by atoms with E-state index >= 15 is 0 Å². The van der Waals surface area contributed by atoms with E-state index in [0.717, 1.165) is 0 Å². The van der Waals surface area contributed by atoms with Crippen molar-refractivity contribution in [2.45, 2.75) is 6.92 Å². The summed E-state index contributed by atoms with van der Waals surface area (Å²) in [5.41, 5.74) is 5.30. The molecule has 8 nitrogen and oxygen atoms in total. The Labute approximate surface area is 119 Å². The molecule has 2 rings (SSSR count). The number of ether oxygens (including phenoxy) is 1. The van der Waals surface area contributed by atoms with Gasteiger partial charge in [0.05, 0.1) is 15.4 Å². The second kappa shape index (κ2) is 5.45. The van der Waals surface area contributed by atoms with Crippen molar-refractivity contribution in [3.63, 3.8) is 0 Å². The Morgan fingerprint density at radius 2 is 1.62 bits per heavy atom. The average Bonchev–Trinajstić information content (AvgIpc) is 2.40. The molecule has 2 aromatic rings. The van der Waals surface area contributed by atoms with Crippen LogP contribution in [0.2, 0.25) is 0 Å². The minimum absolute atomic E-state index is 0.0411. The fourth-order valence-electron chi connectivity index (χ4n) is 1.85. The van der Waals surface area contributed by atoms with Crippen molar-refractivity contribution in [3.05, 3.63) is 62.2 Å². The van der Waals surface area contributed by atoms with E-state index in [0.29, 0.717) is 0 Å². The zero-order valence-electron chi connectivity index (χ0n) is 11.0. The molecule has 0 unspecified atom stereocenters. The number of nitrogen functional groups attached to an aromatic ring is 1. The number of benzene rings is 2. The number of nitro groups is 2. The molecule has 0 atom stereocenters. The van der Waals surface area contributed by atoms with Crippen molar-refractivity contribution in [2.24, 2.45) is 0 Å². The van der Waals surface area contributed by atoms with Crippen molar-refractivity contribution in [2.75, 3.05) is 5.73 Å². The lowest BCUT2D eigenvalue weighted by atomic mass is 10.2. The van der Waals surface area contributed by atoms with Crippen molar-refractivity contribution in [1.82, 2.24) is 0 Å². The summed E-state index contributed by atoms with van der Waals surface area (Å²) in [4.78, 5) is 20.7. The molecule has 2 N–H and O–H groups in total. The summed E-state index contributed by atoms with van der Waals surface area (Å²) < 4.78 is 5.45. The summed E-state index contributed by atoms with van der Waals surface area (Å²) >= 11 is 0. The molecular weight excluding hydrogens is 278 g/mol. The summed E-state index contributed by atoms with van der Waals surface area (Å²) in [7, 11) is 0. The van der Waals surface area contributed by atoms with Gasteiger partial charge in [0.1, 0.15) is 11.4 Å². The van der Waals surface area contributed by atoms with Gasteiger partial charge >= 0.3 is 5.69 Å². The molecule has 0 fully saturated rings. The predicted octanol–water partition coefficient (Wildman–Crippen LogP) is 3.19. The average molecular weight is 289 g/mol. The Bertz CT molecular complexity index is 730. The number of hydrogen-bond donors (Lipinski definition) is 1. The Balaban J connectivity index is 2.49. The largest absolute Gasteiger partial charge is 0.449 e. The topological polar surface area (TPSA) is 122 Å². The first-order valence-corrected chi connectivity index (χ1v) is 5.86. The standard InChI is InChI=1S/C13H11N3O5/c1-8-10(15(17)18)5-3-6-11(8)21-12-7-2-4-9(14)13(12)16(19)20/h2-7H,14H2,1H3. The molecule has 0 amide bonds. The van der Waals surface area contributed by atoms with Crippen molar-refractivity contribution >= 4 is 17.1 Å². The van der Waals surface area contributed by atoms with Gasteiger partial charge in [-0.2, -0.15) is 0 Å². The number of hydrogen-bond acceptors (Lipinski definition) is 6. The number of anilines is 1. The fourth-order valence-corrected chi connectivity index (χ4v) is 1.85. The first-order valence-electron chi connectivity index (χ1n) is 5.86. The Hall–Kier alpha value is -3.16. The minimum atomic E-state index is -0.655. The number of nitro benzene ring substituents is 2. The minimum Gasteiger partial charge on any atom is -0.449 e. The first kappa shape index (κ1) is 14.3. The second-order valence-electron chi connectivity index (χ2n) is 4.21. The van der Waals surface area contributed by atoms with Crippen molar-refractivity contribution < 1.29 is 14.6 Å². The normalized spacial score (nSPS) is 10.1. The van der Waals surface area contributed by atoms with Gasteiger partial charge in [0, 0.05) is 6.07 Å². The van der Waals surface area contributed by atoms with Crippen LogP contribution in [-0.4, -0.2) is 9.85 Å². The van der Waals surface area contributed by atoms with Gasteiger partial charge in [-0.3, -0.25) is 20.2 Å². The summed E-state index contributed by atoms with van der Waals surface area (Å²) in [5.74, 6) is 0.0986. The molecule has 0 aliphatic rings. The van der Waals surface area contributed by atoms with E-state index in [1.807, 2.05) is 0 Å². The molecule has 0 aliphatic heterocycles. The molecule has 108 valence electrons. The SMILES string of the molecule is Cc1c(Oc2cccc(N)c2[N+](=O)[O-])cccc1[N+](=O)[O-]. The molecule has 0 radical (unpaired) electrons. The highest BCUT2D eigenvalue weighted by Gasteiger charge is 2.22. The van der Waals surface area contributed by atoms with Crippen LogP contribution < -0.4 is 10.5 Å². The molecule has 0 saturated heterocycles. The third kappa shape index (κ3) is 2.73. The number of rotatable bonds is 4. The smallest absolute Gasteiger partial charge is 0.334 e. The summed E-state index contributed by atoms with van der Waals surface area (Å²) in [6, 6.07) is 8.53. The van der Waals surface area contributed by atoms with Gasteiger partial charge < -0.3 is 10.5 Å². The van der Waals surface area contributed by atoms with Crippen molar-refractivity contribution in [1.29, 1.82) is 0 Å². The molecule has 0 heterocycles. The lowest BCUT2D eigenvalue weighted by Crippen LogP contribution is -2.00. The third-order valence-corrected chi connectivity index (χ3v) is 2.88. The number of para-hydroxylation sites is 1. The molecule has 8 heteroatoms. The fraction of sp³-hybridized carbons (Fsp3) is 0.0769. The molecule has 0 aliphatic carbocycles. The molecule has 0 bridgehead atoms. The Morgan fingerprint density at radius 3 is 2.24 bits per heavy atom. The number of nitrogens with zero attached hydrogens (tertiary/aromatic N) is 2. The zero-order chi connectivity index (χ0) is 15.6. The lowest BCUT2D eigenvalue weighted by molar-refractivity contribution is -0.385. The predicted molar refractivity (Wildman–Crippen MR) is 75.4 cm³/mol. The maximum absolute atomic E-state index is 11.0. The lowest BCUT2D eigenvalue weighted by Gasteiger charge is -2.09. The quantitative estimate of drug-likeness (QED) is 0.524. The van der Waals surface area contributed by atoms with Gasteiger partial charge in [-0.25, -0.2) is 0 Å². The summed E-state index contributed by atoms with van der Waals surface area (Å²) in [6.07, 6.45) is 0. The van der Waals surface area contributed by atoms with E-state index in [2.05, 4.69) is 0 Å². The van der Waals surface area contributed by atoms with Crippen molar-refractivity contribution in [3.8, 4) is 11.5 Å².